The maximum absolute atomic E-state index is 9.51. The SMILES string of the molecule is CCC(C)(C)C1C[C@H](O)CN(O)C1. The maximum Gasteiger partial charge on any atom is 0.0693 e. The molecule has 0 spiro atoms. The first-order chi connectivity index (χ1) is 5.95. The number of rotatable bonds is 2. The fraction of sp³-hybridized carbons (Fsp3) is 1.00. The molecule has 0 aromatic carbocycles. The molecule has 1 rings (SSSR count). The molecule has 0 aromatic rings. The van der Waals surface area contributed by atoms with Gasteiger partial charge in [0.2, 0.25) is 0 Å². The van der Waals surface area contributed by atoms with Gasteiger partial charge in [0.1, 0.15) is 0 Å². The first kappa shape index (κ1) is 11.0. The summed E-state index contributed by atoms with van der Waals surface area (Å²) in [6.07, 6.45) is 1.53. The van der Waals surface area contributed by atoms with Gasteiger partial charge in [-0.25, -0.2) is 0 Å². The zero-order chi connectivity index (χ0) is 10.1. The molecule has 1 fully saturated rings. The molecule has 0 radical (unpaired) electrons. The Labute approximate surface area is 80.3 Å². The highest BCUT2D eigenvalue weighted by Crippen LogP contribution is 2.36. The molecule has 3 heteroatoms. The molecule has 2 atom stereocenters. The average Bonchev–Trinajstić information content (AvgIpc) is 2.02. The van der Waals surface area contributed by atoms with Crippen molar-refractivity contribution in [1.82, 2.24) is 5.06 Å². The van der Waals surface area contributed by atoms with Crippen LogP contribution in [-0.4, -0.2) is 34.6 Å². The van der Waals surface area contributed by atoms with Crippen LogP contribution in [0.25, 0.3) is 0 Å². The Morgan fingerprint density at radius 2 is 2.00 bits per heavy atom. The van der Waals surface area contributed by atoms with Crippen molar-refractivity contribution >= 4 is 0 Å². The predicted octanol–water partition coefficient (Wildman–Crippen LogP) is 1.49. The second kappa shape index (κ2) is 3.95. The van der Waals surface area contributed by atoms with Crippen LogP contribution >= 0.6 is 0 Å². The summed E-state index contributed by atoms with van der Waals surface area (Å²) < 4.78 is 0. The zero-order valence-corrected chi connectivity index (χ0v) is 8.82. The van der Waals surface area contributed by atoms with Crippen LogP contribution in [0.2, 0.25) is 0 Å². The minimum atomic E-state index is -0.366. The average molecular weight is 187 g/mol. The van der Waals surface area contributed by atoms with Gasteiger partial charge in [0.25, 0.3) is 0 Å². The summed E-state index contributed by atoms with van der Waals surface area (Å²) in [4.78, 5) is 0. The van der Waals surface area contributed by atoms with Gasteiger partial charge in [0.05, 0.1) is 6.10 Å². The molecule has 2 N–H and O–H groups in total. The summed E-state index contributed by atoms with van der Waals surface area (Å²) in [6, 6.07) is 0. The van der Waals surface area contributed by atoms with Crippen LogP contribution in [-0.2, 0) is 0 Å². The molecular formula is C10H21NO2. The van der Waals surface area contributed by atoms with Gasteiger partial charge in [-0.3, -0.25) is 0 Å². The van der Waals surface area contributed by atoms with Gasteiger partial charge in [0, 0.05) is 13.1 Å². The van der Waals surface area contributed by atoms with E-state index < -0.39 is 0 Å². The van der Waals surface area contributed by atoms with E-state index in [1.807, 2.05) is 0 Å². The molecule has 78 valence electrons. The van der Waals surface area contributed by atoms with Crippen molar-refractivity contribution in [3.05, 3.63) is 0 Å². The Morgan fingerprint density at radius 1 is 1.38 bits per heavy atom. The Kier molecular flexibility index (Phi) is 3.33. The lowest BCUT2D eigenvalue weighted by Gasteiger charge is -2.40. The van der Waals surface area contributed by atoms with E-state index in [0.29, 0.717) is 19.0 Å². The Hall–Kier alpha value is -0.120. The summed E-state index contributed by atoms with van der Waals surface area (Å²) in [5.74, 6) is 0.395. The van der Waals surface area contributed by atoms with E-state index in [0.717, 1.165) is 12.8 Å². The molecule has 0 bridgehead atoms. The fourth-order valence-corrected chi connectivity index (χ4v) is 1.90. The third-order valence-electron chi connectivity index (χ3n) is 3.43. The number of hydrogen-bond acceptors (Lipinski definition) is 3. The lowest BCUT2D eigenvalue weighted by Crippen LogP contribution is -2.45. The largest absolute Gasteiger partial charge is 0.392 e. The fourth-order valence-electron chi connectivity index (χ4n) is 1.90. The number of hydroxylamine groups is 2. The van der Waals surface area contributed by atoms with Crippen molar-refractivity contribution in [3.63, 3.8) is 0 Å². The minimum absolute atomic E-state index is 0.211. The topological polar surface area (TPSA) is 43.7 Å². The molecule has 3 nitrogen and oxygen atoms in total. The Bertz CT molecular complexity index is 160. The molecule has 1 aliphatic heterocycles. The molecule has 1 unspecified atom stereocenters. The highest BCUT2D eigenvalue weighted by atomic mass is 16.5. The number of hydrogen-bond donors (Lipinski definition) is 2. The maximum atomic E-state index is 9.51. The van der Waals surface area contributed by atoms with E-state index in [4.69, 9.17) is 0 Å². The zero-order valence-electron chi connectivity index (χ0n) is 8.82. The van der Waals surface area contributed by atoms with E-state index in [2.05, 4.69) is 20.8 Å². The monoisotopic (exact) mass is 187 g/mol. The van der Waals surface area contributed by atoms with Crippen molar-refractivity contribution in [2.75, 3.05) is 13.1 Å². The van der Waals surface area contributed by atoms with Crippen LogP contribution in [0.4, 0.5) is 0 Å². The molecule has 1 aliphatic rings. The van der Waals surface area contributed by atoms with Crippen LogP contribution in [0.3, 0.4) is 0 Å². The van der Waals surface area contributed by atoms with E-state index in [1.54, 1.807) is 0 Å². The first-order valence-corrected chi connectivity index (χ1v) is 5.07. The van der Waals surface area contributed by atoms with E-state index in [-0.39, 0.29) is 11.5 Å². The van der Waals surface area contributed by atoms with Crippen molar-refractivity contribution < 1.29 is 10.3 Å². The van der Waals surface area contributed by atoms with Crippen LogP contribution in [0.15, 0.2) is 0 Å². The third-order valence-corrected chi connectivity index (χ3v) is 3.43. The summed E-state index contributed by atoms with van der Waals surface area (Å²) in [5.41, 5.74) is 0.211. The molecular weight excluding hydrogens is 166 g/mol. The normalized spacial score (nSPS) is 32.1. The predicted molar refractivity (Wildman–Crippen MR) is 51.5 cm³/mol. The Balaban J connectivity index is 2.59. The van der Waals surface area contributed by atoms with Gasteiger partial charge in [-0.1, -0.05) is 27.2 Å². The second-order valence-corrected chi connectivity index (χ2v) is 4.80. The molecule has 13 heavy (non-hydrogen) atoms. The standard InChI is InChI=1S/C10H21NO2/c1-4-10(2,3)8-5-9(12)7-11(13)6-8/h8-9,12-13H,4-7H2,1-3H3/t8?,9-/m0/s1. The van der Waals surface area contributed by atoms with Crippen molar-refractivity contribution in [1.29, 1.82) is 0 Å². The third kappa shape index (κ3) is 2.66. The van der Waals surface area contributed by atoms with Crippen LogP contribution < -0.4 is 0 Å². The van der Waals surface area contributed by atoms with E-state index >= 15 is 0 Å². The lowest BCUT2D eigenvalue weighted by atomic mass is 9.73. The molecule has 0 saturated carbocycles. The first-order valence-electron chi connectivity index (χ1n) is 5.07. The number of β-amino-alcohol motifs (C(OH)–C–C–N with tert-alkyl or cyclic N) is 1. The minimum Gasteiger partial charge on any atom is -0.392 e. The van der Waals surface area contributed by atoms with Crippen LogP contribution in [0.5, 0.6) is 0 Å². The Morgan fingerprint density at radius 3 is 2.46 bits per heavy atom. The highest BCUT2D eigenvalue weighted by molar-refractivity contribution is 4.84. The van der Waals surface area contributed by atoms with E-state index in [9.17, 15) is 10.3 Å². The van der Waals surface area contributed by atoms with Gasteiger partial charge < -0.3 is 10.3 Å². The second-order valence-electron chi connectivity index (χ2n) is 4.80. The number of nitrogens with zero attached hydrogens (tertiary/aromatic N) is 1. The highest BCUT2D eigenvalue weighted by Gasteiger charge is 2.34. The number of aliphatic hydroxyl groups excluding tert-OH is 1. The lowest BCUT2D eigenvalue weighted by molar-refractivity contribution is -0.160. The van der Waals surface area contributed by atoms with Crippen molar-refractivity contribution in [3.8, 4) is 0 Å². The van der Waals surface area contributed by atoms with Gasteiger partial charge in [-0.15, -0.1) is 0 Å². The molecule has 1 heterocycles. The summed E-state index contributed by atoms with van der Waals surface area (Å²) in [7, 11) is 0. The van der Waals surface area contributed by atoms with Crippen molar-refractivity contribution in [2.45, 2.75) is 39.7 Å². The number of aliphatic hydroxyl groups is 1. The molecule has 1 saturated heterocycles. The van der Waals surface area contributed by atoms with Gasteiger partial charge in [-0.05, 0) is 17.8 Å². The van der Waals surface area contributed by atoms with Gasteiger partial charge in [0.15, 0.2) is 0 Å². The molecule has 0 aliphatic carbocycles. The van der Waals surface area contributed by atoms with E-state index in [1.165, 1.54) is 5.06 Å². The summed E-state index contributed by atoms with van der Waals surface area (Å²) in [6.45, 7) is 7.64. The molecule has 0 amide bonds. The summed E-state index contributed by atoms with van der Waals surface area (Å²) >= 11 is 0. The van der Waals surface area contributed by atoms with Crippen LogP contribution in [0.1, 0.15) is 33.6 Å². The van der Waals surface area contributed by atoms with Crippen molar-refractivity contribution in [2.24, 2.45) is 11.3 Å². The quantitative estimate of drug-likeness (QED) is 0.688. The number of piperidine rings is 1. The smallest absolute Gasteiger partial charge is 0.0693 e. The molecule has 0 aromatic heterocycles. The van der Waals surface area contributed by atoms with Gasteiger partial charge in [-0.2, -0.15) is 5.06 Å². The van der Waals surface area contributed by atoms with Gasteiger partial charge >= 0.3 is 0 Å². The van der Waals surface area contributed by atoms with Crippen LogP contribution in [0, 0.1) is 11.3 Å². The summed E-state index contributed by atoms with van der Waals surface area (Å²) in [5, 5.41) is 20.1.